The molecule has 3 nitrogen and oxygen atoms in total. The highest BCUT2D eigenvalue weighted by Gasteiger charge is 2.18. The number of piperazine rings is 1. The second kappa shape index (κ2) is 5.49. The van der Waals surface area contributed by atoms with Gasteiger partial charge in [-0.05, 0) is 43.3 Å². The summed E-state index contributed by atoms with van der Waals surface area (Å²) >= 11 is 0. The van der Waals surface area contributed by atoms with Crippen LogP contribution in [0, 0.1) is 12.7 Å². The number of hydrogen-bond donors (Lipinski definition) is 0. The quantitative estimate of drug-likeness (QED) is 0.837. The molecule has 104 valence electrons. The zero-order chi connectivity index (χ0) is 13.9. The summed E-state index contributed by atoms with van der Waals surface area (Å²) in [7, 11) is 0. The number of benzene rings is 1. The fraction of sp³-hybridized carbons (Fsp3) is 0.312. The summed E-state index contributed by atoms with van der Waals surface area (Å²) in [5, 5.41) is 0. The summed E-state index contributed by atoms with van der Waals surface area (Å²) in [6.07, 6.45) is 0. The lowest BCUT2D eigenvalue weighted by Gasteiger charge is -2.36. The normalized spacial score (nSPS) is 15.5. The van der Waals surface area contributed by atoms with Crippen molar-refractivity contribution in [3.63, 3.8) is 0 Å². The number of aromatic nitrogens is 1. The Morgan fingerprint density at radius 1 is 0.900 bits per heavy atom. The average Bonchev–Trinajstić information content (AvgIpc) is 2.48. The maximum absolute atomic E-state index is 12.9. The van der Waals surface area contributed by atoms with E-state index in [9.17, 15) is 4.39 Å². The van der Waals surface area contributed by atoms with Crippen LogP contribution in [0.1, 0.15) is 5.69 Å². The summed E-state index contributed by atoms with van der Waals surface area (Å²) in [5.41, 5.74) is 2.13. The first-order valence-electron chi connectivity index (χ1n) is 6.91. The van der Waals surface area contributed by atoms with E-state index in [0.29, 0.717) is 0 Å². The van der Waals surface area contributed by atoms with Crippen LogP contribution in [0.4, 0.5) is 15.9 Å². The highest BCUT2D eigenvalue weighted by atomic mass is 19.1. The van der Waals surface area contributed by atoms with E-state index in [-0.39, 0.29) is 5.82 Å². The molecule has 3 rings (SSSR count). The predicted octanol–water partition coefficient (Wildman–Crippen LogP) is 2.86. The van der Waals surface area contributed by atoms with E-state index in [1.54, 1.807) is 0 Å². The Morgan fingerprint density at radius 2 is 1.55 bits per heavy atom. The molecule has 1 saturated heterocycles. The molecule has 1 aliphatic rings. The average molecular weight is 271 g/mol. The zero-order valence-electron chi connectivity index (χ0n) is 11.6. The van der Waals surface area contributed by atoms with E-state index in [1.165, 1.54) is 12.1 Å². The van der Waals surface area contributed by atoms with Gasteiger partial charge in [0.2, 0.25) is 0 Å². The molecule has 2 heterocycles. The van der Waals surface area contributed by atoms with Crippen molar-refractivity contribution in [1.29, 1.82) is 0 Å². The monoisotopic (exact) mass is 271 g/mol. The number of nitrogens with zero attached hydrogens (tertiary/aromatic N) is 3. The lowest BCUT2D eigenvalue weighted by atomic mass is 10.2. The van der Waals surface area contributed by atoms with Gasteiger partial charge in [0.1, 0.15) is 11.6 Å². The van der Waals surface area contributed by atoms with Gasteiger partial charge in [0.25, 0.3) is 0 Å². The Morgan fingerprint density at radius 3 is 2.20 bits per heavy atom. The van der Waals surface area contributed by atoms with E-state index in [0.717, 1.165) is 43.4 Å². The van der Waals surface area contributed by atoms with Gasteiger partial charge in [-0.25, -0.2) is 9.37 Å². The van der Waals surface area contributed by atoms with Crippen LogP contribution < -0.4 is 9.80 Å². The molecule has 0 radical (unpaired) electrons. The molecule has 0 spiro atoms. The van der Waals surface area contributed by atoms with Crippen LogP contribution in [0.15, 0.2) is 42.5 Å². The fourth-order valence-electron chi connectivity index (χ4n) is 2.55. The van der Waals surface area contributed by atoms with Crippen LogP contribution in [0.5, 0.6) is 0 Å². The standard InChI is InChI=1S/C16H18FN3/c1-13-3-2-4-16(18-13)20-11-9-19(10-12-20)15-7-5-14(17)6-8-15/h2-8H,9-12H2,1H3. The third-order valence-electron chi connectivity index (χ3n) is 3.67. The number of hydrogen-bond acceptors (Lipinski definition) is 3. The van der Waals surface area contributed by atoms with Crippen molar-refractivity contribution >= 4 is 11.5 Å². The second-order valence-electron chi connectivity index (χ2n) is 5.09. The van der Waals surface area contributed by atoms with E-state index < -0.39 is 0 Å². The van der Waals surface area contributed by atoms with Crippen LogP contribution in [0.2, 0.25) is 0 Å². The number of rotatable bonds is 2. The van der Waals surface area contributed by atoms with Crippen LogP contribution in [-0.4, -0.2) is 31.2 Å². The molecule has 1 aromatic carbocycles. The molecule has 1 fully saturated rings. The van der Waals surface area contributed by atoms with Crippen LogP contribution in [0.25, 0.3) is 0 Å². The maximum atomic E-state index is 12.9. The van der Waals surface area contributed by atoms with Crippen molar-refractivity contribution in [2.75, 3.05) is 36.0 Å². The first-order chi connectivity index (χ1) is 9.72. The molecular formula is C16H18FN3. The molecule has 20 heavy (non-hydrogen) atoms. The smallest absolute Gasteiger partial charge is 0.128 e. The molecule has 0 aliphatic carbocycles. The molecule has 4 heteroatoms. The Kier molecular flexibility index (Phi) is 3.54. The summed E-state index contributed by atoms with van der Waals surface area (Å²) in [6.45, 7) is 5.75. The third kappa shape index (κ3) is 2.74. The van der Waals surface area contributed by atoms with Gasteiger partial charge in [0.05, 0.1) is 0 Å². The van der Waals surface area contributed by atoms with Gasteiger partial charge in [-0.1, -0.05) is 6.07 Å². The van der Waals surface area contributed by atoms with E-state index in [2.05, 4.69) is 20.9 Å². The van der Waals surface area contributed by atoms with Gasteiger partial charge in [-0.3, -0.25) is 0 Å². The van der Waals surface area contributed by atoms with Crippen LogP contribution >= 0.6 is 0 Å². The number of pyridine rings is 1. The molecule has 0 saturated carbocycles. The summed E-state index contributed by atoms with van der Waals surface area (Å²) in [6, 6.07) is 12.8. The highest BCUT2D eigenvalue weighted by molar-refractivity contribution is 5.49. The lowest BCUT2D eigenvalue weighted by Crippen LogP contribution is -2.46. The molecule has 0 atom stereocenters. The van der Waals surface area contributed by atoms with E-state index >= 15 is 0 Å². The van der Waals surface area contributed by atoms with E-state index in [4.69, 9.17) is 0 Å². The molecule has 0 N–H and O–H groups in total. The van der Waals surface area contributed by atoms with Crippen molar-refractivity contribution in [2.24, 2.45) is 0 Å². The van der Waals surface area contributed by atoms with Crippen LogP contribution in [-0.2, 0) is 0 Å². The molecule has 2 aromatic rings. The summed E-state index contributed by atoms with van der Waals surface area (Å²) < 4.78 is 12.9. The molecule has 0 bridgehead atoms. The van der Waals surface area contributed by atoms with Gasteiger partial charge >= 0.3 is 0 Å². The largest absolute Gasteiger partial charge is 0.368 e. The molecule has 0 unspecified atom stereocenters. The van der Waals surface area contributed by atoms with Gasteiger partial charge in [-0.2, -0.15) is 0 Å². The van der Waals surface area contributed by atoms with Gasteiger partial charge < -0.3 is 9.80 Å². The van der Waals surface area contributed by atoms with Crippen LogP contribution in [0.3, 0.4) is 0 Å². The van der Waals surface area contributed by atoms with Gasteiger partial charge in [0, 0.05) is 37.6 Å². The minimum atomic E-state index is -0.184. The Hall–Kier alpha value is -2.10. The topological polar surface area (TPSA) is 19.4 Å². The van der Waals surface area contributed by atoms with Gasteiger partial charge in [0.15, 0.2) is 0 Å². The number of halogens is 1. The maximum Gasteiger partial charge on any atom is 0.128 e. The Balaban J connectivity index is 1.66. The summed E-state index contributed by atoms with van der Waals surface area (Å²) in [4.78, 5) is 9.15. The first kappa shape index (κ1) is 12.9. The van der Waals surface area contributed by atoms with Crippen molar-refractivity contribution in [2.45, 2.75) is 6.92 Å². The van der Waals surface area contributed by atoms with Crippen molar-refractivity contribution in [3.05, 3.63) is 54.0 Å². The minimum absolute atomic E-state index is 0.184. The SMILES string of the molecule is Cc1cccc(N2CCN(c3ccc(F)cc3)CC2)n1. The van der Waals surface area contributed by atoms with Gasteiger partial charge in [-0.15, -0.1) is 0 Å². The molecule has 1 aromatic heterocycles. The predicted molar refractivity (Wildman–Crippen MR) is 79.8 cm³/mol. The zero-order valence-corrected chi connectivity index (χ0v) is 11.6. The highest BCUT2D eigenvalue weighted by Crippen LogP contribution is 2.19. The Labute approximate surface area is 118 Å². The molecular weight excluding hydrogens is 253 g/mol. The second-order valence-corrected chi connectivity index (χ2v) is 5.09. The first-order valence-corrected chi connectivity index (χ1v) is 6.91. The third-order valence-corrected chi connectivity index (χ3v) is 3.67. The number of anilines is 2. The molecule has 1 aliphatic heterocycles. The lowest BCUT2D eigenvalue weighted by molar-refractivity contribution is 0.624. The van der Waals surface area contributed by atoms with Crippen molar-refractivity contribution in [1.82, 2.24) is 4.98 Å². The van der Waals surface area contributed by atoms with E-state index in [1.807, 2.05) is 31.2 Å². The summed E-state index contributed by atoms with van der Waals surface area (Å²) in [5.74, 6) is 0.861. The van der Waals surface area contributed by atoms with Crippen molar-refractivity contribution < 1.29 is 4.39 Å². The fourth-order valence-corrected chi connectivity index (χ4v) is 2.55. The number of aryl methyl sites for hydroxylation is 1. The molecule has 0 amide bonds. The van der Waals surface area contributed by atoms with Crippen molar-refractivity contribution in [3.8, 4) is 0 Å². The Bertz CT molecular complexity index is 575. The minimum Gasteiger partial charge on any atom is -0.368 e.